The van der Waals surface area contributed by atoms with Crippen LogP contribution in [0.3, 0.4) is 0 Å². The summed E-state index contributed by atoms with van der Waals surface area (Å²) in [5.74, 6) is -0.276. The van der Waals surface area contributed by atoms with Gasteiger partial charge in [-0.3, -0.25) is 4.79 Å². The Hall–Kier alpha value is -3.69. The van der Waals surface area contributed by atoms with Crippen molar-refractivity contribution in [2.45, 2.75) is 39.8 Å². The second kappa shape index (κ2) is 8.92. The molecular formula is C31H29NO2. The molecule has 34 heavy (non-hydrogen) atoms. The van der Waals surface area contributed by atoms with Crippen LogP contribution in [-0.4, -0.2) is 15.5 Å². The van der Waals surface area contributed by atoms with E-state index in [4.69, 9.17) is 0 Å². The predicted octanol–water partition coefficient (Wildman–Crippen LogP) is 7.27. The number of aliphatic hydroxyl groups excluding tert-OH is 1. The molecule has 1 aromatic heterocycles. The summed E-state index contributed by atoms with van der Waals surface area (Å²) in [6.07, 6.45) is -0.172. The van der Waals surface area contributed by atoms with Crippen LogP contribution in [0.5, 0.6) is 0 Å². The number of Topliss-reactive ketones (excluding diaryl/α,β-unsaturated/α-hetero) is 1. The van der Waals surface area contributed by atoms with Crippen LogP contribution >= 0.6 is 0 Å². The topological polar surface area (TPSA) is 42.2 Å². The van der Waals surface area contributed by atoms with Crippen molar-refractivity contribution in [2.75, 3.05) is 0 Å². The average Bonchev–Trinajstić information content (AvgIpc) is 3.20. The average molecular weight is 448 g/mol. The Morgan fingerprint density at radius 1 is 0.853 bits per heavy atom. The summed E-state index contributed by atoms with van der Waals surface area (Å²) in [5, 5.41) is 13.2. The van der Waals surface area contributed by atoms with Gasteiger partial charge in [0.2, 0.25) is 0 Å². The maximum atomic E-state index is 13.2. The molecule has 0 amide bonds. The number of benzene rings is 4. The minimum atomic E-state index is -1.17. The third-order valence-electron chi connectivity index (χ3n) is 6.93. The van der Waals surface area contributed by atoms with Crippen molar-refractivity contribution in [3.63, 3.8) is 0 Å². The number of aliphatic hydroxyl groups is 1. The molecule has 1 heterocycles. The van der Waals surface area contributed by atoms with Gasteiger partial charge >= 0.3 is 0 Å². The molecule has 3 nitrogen and oxygen atoms in total. The van der Waals surface area contributed by atoms with E-state index >= 15 is 0 Å². The lowest BCUT2D eigenvalue weighted by atomic mass is 9.91. The Morgan fingerprint density at radius 2 is 1.56 bits per heavy atom. The van der Waals surface area contributed by atoms with Crippen LogP contribution in [0.1, 0.15) is 47.0 Å². The zero-order valence-corrected chi connectivity index (χ0v) is 19.9. The standard InChI is InChI=1S/C31H29NO2/c1-4-21-14-16-28-26(18-21)27-19-23(15-17-29(27)32(28)5-2)24-12-9-13-25(20(24)3)31(34)30(33)22-10-7-6-8-11-22/h6-19,30,33H,4-5H2,1-3H3. The molecule has 0 aliphatic heterocycles. The molecule has 0 radical (unpaired) electrons. The van der Waals surface area contributed by atoms with Crippen molar-refractivity contribution in [1.29, 1.82) is 0 Å². The summed E-state index contributed by atoms with van der Waals surface area (Å²) >= 11 is 0. The Morgan fingerprint density at radius 3 is 2.26 bits per heavy atom. The first-order valence-corrected chi connectivity index (χ1v) is 12.0. The molecule has 5 rings (SSSR count). The van der Waals surface area contributed by atoms with Gasteiger partial charge in [0, 0.05) is 33.9 Å². The van der Waals surface area contributed by atoms with Gasteiger partial charge < -0.3 is 9.67 Å². The van der Waals surface area contributed by atoms with E-state index in [1.165, 1.54) is 27.4 Å². The van der Waals surface area contributed by atoms with E-state index in [0.29, 0.717) is 11.1 Å². The summed E-state index contributed by atoms with van der Waals surface area (Å²) in [4.78, 5) is 13.2. The lowest BCUT2D eigenvalue weighted by Crippen LogP contribution is -2.14. The Balaban J connectivity index is 1.63. The molecule has 0 fully saturated rings. The minimum Gasteiger partial charge on any atom is -0.380 e. The third kappa shape index (κ3) is 3.63. The summed E-state index contributed by atoms with van der Waals surface area (Å²) in [7, 11) is 0. The van der Waals surface area contributed by atoms with E-state index < -0.39 is 6.10 Å². The zero-order valence-electron chi connectivity index (χ0n) is 19.9. The van der Waals surface area contributed by atoms with E-state index in [-0.39, 0.29) is 5.78 Å². The molecule has 1 unspecified atom stereocenters. The number of fused-ring (bicyclic) bond motifs is 3. The number of aryl methyl sites for hydroxylation is 2. The number of rotatable bonds is 6. The molecule has 0 aliphatic carbocycles. The van der Waals surface area contributed by atoms with Crippen LogP contribution < -0.4 is 0 Å². The number of carbonyl (C=O) groups is 1. The lowest BCUT2D eigenvalue weighted by molar-refractivity contribution is 0.0747. The van der Waals surface area contributed by atoms with E-state index in [2.05, 4.69) is 60.9 Å². The van der Waals surface area contributed by atoms with Crippen LogP contribution in [0.4, 0.5) is 0 Å². The largest absolute Gasteiger partial charge is 0.380 e. The van der Waals surface area contributed by atoms with E-state index in [1.54, 1.807) is 12.1 Å². The molecule has 0 saturated carbocycles. The fourth-order valence-electron chi connectivity index (χ4n) is 5.03. The van der Waals surface area contributed by atoms with Crippen LogP contribution in [0.2, 0.25) is 0 Å². The normalized spacial score (nSPS) is 12.4. The van der Waals surface area contributed by atoms with Crippen LogP contribution in [0, 0.1) is 6.92 Å². The molecule has 1 N–H and O–H groups in total. The number of carbonyl (C=O) groups excluding carboxylic acids is 1. The highest BCUT2D eigenvalue weighted by Gasteiger charge is 2.22. The highest BCUT2D eigenvalue weighted by molar-refractivity contribution is 6.10. The van der Waals surface area contributed by atoms with E-state index in [1.807, 2.05) is 37.3 Å². The third-order valence-corrected chi connectivity index (χ3v) is 6.93. The van der Waals surface area contributed by atoms with Crippen molar-refractivity contribution in [2.24, 2.45) is 0 Å². The minimum absolute atomic E-state index is 0.276. The molecule has 0 bridgehead atoms. The van der Waals surface area contributed by atoms with Gasteiger partial charge in [0.15, 0.2) is 5.78 Å². The first-order chi connectivity index (χ1) is 16.5. The molecule has 4 aromatic carbocycles. The van der Waals surface area contributed by atoms with Gasteiger partial charge in [-0.1, -0.05) is 67.6 Å². The summed E-state index contributed by atoms with van der Waals surface area (Å²) in [5.41, 5.74) is 7.93. The van der Waals surface area contributed by atoms with E-state index in [9.17, 15) is 9.90 Å². The molecule has 1 atom stereocenters. The molecule has 3 heteroatoms. The summed E-state index contributed by atoms with van der Waals surface area (Å²) < 4.78 is 2.36. The van der Waals surface area contributed by atoms with Crippen LogP contribution in [0.25, 0.3) is 32.9 Å². The smallest absolute Gasteiger partial charge is 0.196 e. The quantitative estimate of drug-likeness (QED) is 0.278. The Bertz CT molecular complexity index is 1510. The SMILES string of the molecule is CCc1ccc2c(c1)c1cc(-c3cccc(C(=O)C(O)c4ccccc4)c3C)ccc1n2CC. The Labute approximate surface area is 200 Å². The second-order valence-electron chi connectivity index (χ2n) is 8.84. The first kappa shape index (κ1) is 22.1. The Kier molecular flexibility index (Phi) is 5.80. The zero-order chi connectivity index (χ0) is 23.8. The van der Waals surface area contributed by atoms with Gasteiger partial charge in [0.25, 0.3) is 0 Å². The molecule has 170 valence electrons. The summed E-state index contributed by atoms with van der Waals surface area (Å²) in [6, 6.07) is 28.2. The first-order valence-electron chi connectivity index (χ1n) is 12.0. The van der Waals surface area contributed by atoms with Crippen LogP contribution in [-0.2, 0) is 13.0 Å². The van der Waals surface area contributed by atoms with E-state index in [0.717, 1.165) is 29.7 Å². The van der Waals surface area contributed by atoms with Crippen molar-refractivity contribution in [3.8, 4) is 11.1 Å². The van der Waals surface area contributed by atoms with Gasteiger partial charge in [-0.15, -0.1) is 0 Å². The number of hydrogen-bond acceptors (Lipinski definition) is 2. The van der Waals surface area contributed by atoms with Crippen LogP contribution in [0.15, 0.2) is 84.9 Å². The maximum absolute atomic E-state index is 13.2. The van der Waals surface area contributed by atoms with Gasteiger partial charge in [-0.25, -0.2) is 0 Å². The van der Waals surface area contributed by atoms with Gasteiger partial charge in [-0.2, -0.15) is 0 Å². The second-order valence-corrected chi connectivity index (χ2v) is 8.84. The van der Waals surface area contributed by atoms with Crippen molar-refractivity contribution in [3.05, 3.63) is 107 Å². The number of nitrogens with zero attached hydrogens (tertiary/aromatic N) is 1. The number of ketones is 1. The van der Waals surface area contributed by atoms with Gasteiger partial charge in [0.05, 0.1) is 0 Å². The molecule has 0 spiro atoms. The van der Waals surface area contributed by atoms with Crippen molar-refractivity contribution in [1.82, 2.24) is 4.57 Å². The van der Waals surface area contributed by atoms with Crippen molar-refractivity contribution >= 4 is 27.6 Å². The lowest BCUT2D eigenvalue weighted by Gasteiger charge is -2.15. The molecule has 5 aromatic rings. The van der Waals surface area contributed by atoms with Crippen molar-refractivity contribution < 1.29 is 9.90 Å². The number of hydrogen-bond donors (Lipinski definition) is 1. The number of aromatic nitrogens is 1. The monoisotopic (exact) mass is 447 g/mol. The van der Waals surface area contributed by atoms with Gasteiger partial charge in [-0.05, 0) is 72.4 Å². The maximum Gasteiger partial charge on any atom is 0.196 e. The fourth-order valence-corrected chi connectivity index (χ4v) is 5.03. The van der Waals surface area contributed by atoms with Gasteiger partial charge in [0.1, 0.15) is 6.10 Å². The summed E-state index contributed by atoms with van der Waals surface area (Å²) in [6.45, 7) is 7.24. The molecule has 0 saturated heterocycles. The predicted molar refractivity (Wildman–Crippen MR) is 140 cm³/mol. The molecular weight excluding hydrogens is 418 g/mol. The fraction of sp³-hybridized carbons (Fsp3) is 0.194. The highest BCUT2D eigenvalue weighted by atomic mass is 16.3. The highest BCUT2D eigenvalue weighted by Crippen LogP contribution is 2.35. The molecule has 0 aliphatic rings.